The van der Waals surface area contributed by atoms with E-state index in [0.29, 0.717) is 12.0 Å². The Hall–Kier alpha value is -1.02. The number of rotatable bonds is 5. The fraction of sp³-hybridized carbons (Fsp3) is 0.600. The van der Waals surface area contributed by atoms with Gasteiger partial charge in [-0.1, -0.05) is 19.1 Å². The van der Waals surface area contributed by atoms with E-state index in [1.807, 2.05) is 0 Å². The van der Waals surface area contributed by atoms with Crippen molar-refractivity contribution in [2.24, 2.45) is 17.6 Å². The Labute approximate surface area is 103 Å². The lowest BCUT2D eigenvalue weighted by Gasteiger charge is -2.20. The largest absolute Gasteiger partial charge is 0.490 e. The summed E-state index contributed by atoms with van der Waals surface area (Å²) in [6, 6.07) is 8.56. The fourth-order valence-electron chi connectivity index (χ4n) is 2.37. The Morgan fingerprint density at radius 1 is 1.12 bits per heavy atom. The van der Waals surface area contributed by atoms with Crippen LogP contribution < -0.4 is 10.5 Å². The van der Waals surface area contributed by atoms with Crippen molar-refractivity contribution >= 4 is 0 Å². The highest BCUT2D eigenvalue weighted by Gasteiger charge is 2.32. The van der Waals surface area contributed by atoms with E-state index in [1.165, 1.54) is 31.2 Å². The van der Waals surface area contributed by atoms with Crippen LogP contribution in [0.1, 0.15) is 44.2 Å². The molecular weight excluding hydrogens is 210 g/mol. The molecule has 2 fully saturated rings. The van der Waals surface area contributed by atoms with Crippen LogP contribution in [0.15, 0.2) is 24.3 Å². The zero-order valence-electron chi connectivity index (χ0n) is 10.4. The van der Waals surface area contributed by atoms with E-state index in [0.717, 1.165) is 11.7 Å². The maximum Gasteiger partial charge on any atom is 0.119 e. The van der Waals surface area contributed by atoms with Gasteiger partial charge in [-0.25, -0.2) is 0 Å². The minimum Gasteiger partial charge on any atom is -0.490 e. The second kappa shape index (κ2) is 4.34. The van der Waals surface area contributed by atoms with Crippen LogP contribution in [0.4, 0.5) is 0 Å². The molecule has 0 radical (unpaired) electrons. The summed E-state index contributed by atoms with van der Waals surface area (Å²) in [4.78, 5) is 0. The minimum absolute atomic E-state index is 0.178. The van der Waals surface area contributed by atoms with E-state index in [-0.39, 0.29) is 6.04 Å². The number of hydrogen-bond acceptors (Lipinski definition) is 2. The molecule has 0 heterocycles. The fourth-order valence-corrected chi connectivity index (χ4v) is 2.37. The molecule has 2 nitrogen and oxygen atoms in total. The molecule has 0 amide bonds. The van der Waals surface area contributed by atoms with E-state index >= 15 is 0 Å². The monoisotopic (exact) mass is 231 g/mol. The van der Waals surface area contributed by atoms with Gasteiger partial charge in [0.25, 0.3) is 0 Å². The third kappa shape index (κ3) is 2.63. The second-order valence-electron chi connectivity index (χ2n) is 5.61. The van der Waals surface area contributed by atoms with Gasteiger partial charge in [0, 0.05) is 6.04 Å². The molecule has 2 aliphatic rings. The summed E-state index contributed by atoms with van der Waals surface area (Å²) < 4.78 is 5.74. The van der Waals surface area contributed by atoms with Gasteiger partial charge in [-0.3, -0.25) is 0 Å². The van der Waals surface area contributed by atoms with Crippen LogP contribution in [-0.4, -0.2) is 6.10 Å². The van der Waals surface area contributed by atoms with Gasteiger partial charge in [-0.2, -0.15) is 0 Å². The molecule has 0 aromatic heterocycles. The third-order valence-electron chi connectivity index (χ3n) is 4.02. The van der Waals surface area contributed by atoms with Gasteiger partial charge in [0.05, 0.1) is 6.10 Å². The topological polar surface area (TPSA) is 35.2 Å². The summed E-state index contributed by atoms with van der Waals surface area (Å²) in [6.07, 6.45) is 5.61. The average molecular weight is 231 g/mol. The van der Waals surface area contributed by atoms with Crippen LogP contribution in [-0.2, 0) is 0 Å². The van der Waals surface area contributed by atoms with Gasteiger partial charge in [0.1, 0.15) is 5.75 Å². The molecule has 92 valence electrons. The van der Waals surface area contributed by atoms with Crippen LogP contribution in [0.5, 0.6) is 5.75 Å². The van der Waals surface area contributed by atoms with Crippen molar-refractivity contribution in [3.05, 3.63) is 29.8 Å². The number of nitrogens with two attached hydrogens (primary N) is 1. The van der Waals surface area contributed by atoms with Gasteiger partial charge in [-0.05, 0) is 55.2 Å². The molecule has 2 unspecified atom stereocenters. The molecule has 1 aromatic carbocycles. The number of ether oxygens (including phenoxy) is 1. The highest BCUT2D eigenvalue weighted by molar-refractivity contribution is 5.30. The summed E-state index contributed by atoms with van der Waals surface area (Å²) in [6.45, 7) is 2.27. The Morgan fingerprint density at radius 3 is 2.29 bits per heavy atom. The lowest BCUT2D eigenvalue weighted by Crippen LogP contribution is -2.20. The molecule has 2 saturated carbocycles. The van der Waals surface area contributed by atoms with Crippen molar-refractivity contribution in [1.82, 2.24) is 0 Å². The SMILES string of the molecule is CC(C1CC1)C(N)c1ccc(OC2CC2)cc1. The predicted octanol–water partition coefficient (Wildman–Crippen LogP) is 3.27. The van der Waals surface area contributed by atoms with E-state index in [1.54, 1.807) is 0 Å². The molecule has 0 spiro atoms. The zero-order valence-corrected chi connectivity index (χ0v) is 10.4. The molecule has 2 N–H and O–H groups in total. The van der Waals surface area contributed by atoms with E-state index < -0.39 is 0 Å². The van der Waals surface area contributed by atoms with Crippen molar-refractivity contribution in [1.29, 1.82) is 0 Å². The van der Waals surface area contributed by atoms with Crippen LogP contribution in [0.25, 0.3) is 0 Å². The quantitative estimate of drug-likeness (QED) is 0.844. The normalized spacial score (nSPS) is 23.2. The van der Waals surface area contributed by atoms with Gasteiger partial charge in [0.15, 0.2) is 0 Å². The van der Waals surface area contributed by atoms with Crippen molar-refractivity contribution in [2.75, 3.05) is 0 Å². The summed E-state index contributed by atoms with van der Waals surface area (Å²) in [5.41, 5.74) is 7.55. The van der Waals surface area contributed by atoms with E-state index in [9.17, 15) is 0 Å². The van der Waals surface area contributed by atoms with Crippen molar-refractivity contribution in [3.63, 3.8) is 0 Å². The second-order valence-corrected chi connectivity index (χ2v) is 5.61. The maximum atomic E-state index is 6.30. The van der Waals surface area contributed by atoms with Crippen LogP contribution in [0, 0.1) is 11.8 Å². The molecule has 0 aliphatic heterocycles. The Kier molecular flexibility index (Phi) is 2.83. The van der Waals surface area contributed by atoms with E-state index in [4.69, 9.17) is 10.5 Å². The molecule has 2 heteroatoms. The molecular formula is C15H21NO. The van der Waals surface area contributed by atoms with Crippen molar-refractivity contribution in [2.45, 2.75) is 44.8 Å². The highest BCUT2D eigenvalue weighted by Crippen LogP contribution is 2.41. The summed E-state index contributed by atoms with van der Waals surface area (Å²) in [7, 11) is 0. The predicted molar refractivity (Wildman–Crippen MR) is 68.9 cm³/mol. The summed E-state index contributed by atoms with van der Waals surface area (Å²) in [5.74, 6) is 2.44. The maximum absolute atomic E-state index is 6.30. The smallest absolute Gasteiger partial charge is 0.119 e. The van der Waals surface area contributed by atoms with Crippen LogP contribution in [0.3, 0.4) is 0 Å². The van der Waals surface area contributed by atoms with E-state index in [2.05, 4.69) is 31.2 Å². The average Bonchev–Trinajstić information content (AvgIpc) is 3.21. The van der Waals surface area contributed by atoms with Crippen LogP contribution in [0.2, 0.25) is 0 Å². The van der Waals surface area contributed by atoms with Gasteiger partial charge >= 0.3 is 0 Å². The Bertz CT molecular complexity index is 378. The van der Waals surface area contributed by atoms with Gasteiger partial charge < -0.3 is 10.5 Å². The molecule has 1 aromatic rings. The standard InChI is InChI=1S/C15H21NO/c1-10(11-2-3-11)15(16)12-4-6-13(7-5-12)17-14-8-9-14/h4-7,10-11,14-15H,2-3,8-9,16H2,1H3. The first kappa shape index (κ1) is 11.1. The van der Waals surface area contributed by atoms with Crippen molar-refractivity contribution in [3.8, 4) is 5.75 Å². The Balaban J connectivity index is 1.65. The minimum atomic E-state index is 0.178. The third-order valence-corrected chi connectivity index (χ3v) is 4.02. The highest BCUT2D eigenvalue weighted by atomic mass is 16.5. The number of hydrogen-bond donors (Lipinski definition) is 1. The number of benzene rings is 1. The molecule has 3 rings (SSSR count). The van der Waals surface area contributed by atoms with Gasteiger partial charge in [-0.15, -0.1) is 0 Å². The first-order valence-corrected chi connectivity index (χ1v) is 6.76. The van der Waals surface area contributed by atoms with Crippen molar-refractivity contribution < 1.29 is 4.74 Å². The molecule has 17 heavy (non-hydrogen) atoms. The summed E-state index contributed by atoms with van der Waals surface area (Å²) in [5, 5.41) is 0. The first-order valence-electron chi connectivity index (χ1n) is 6.76. The first-order chi connectivity index (χ1) is 8.24. The lowest BCUT2D eigenvalue weighted by molar-refractivity contribution is 0.303. The van der Waals surface area contributed by atoms with Gasteiger partial charge in [0.2, 0.25) is 0 Å². The zero-order chi connectivity index (χ0) is 11.8. The molecule has 0 bridgehead atoms. The lowest BCUT2D eigenvalue weighted by atomic mass is 9.91. The Morgan fingerprint density at radius 2 is 1.76 bits per heavy atom. The molecule has 2 atom stereocenters. The summed E-state index contributed by atoms with van der Waals surface area (Å²) >= 11 is 0. The molecule has 2 aliphatic carbocycles. The molecule has 0 saturated heterocycles. The van der Waals surface area contributed by atoms with Crippen LogP contribution >= 0.6 is 0 Å².